The van der Waals surface area contributed by atoms with Gasteiger partial charge in [0.25, 0.3) is 0 Å². The van der Waals surface area contributed by atoms with Crippen LogP contribution in [0.1, 0.15) is 53.8 Å². The van der Waals surface area contributed by atoms with Crippen LogP contribution in [-0.4, -0.2) is 29.6 Å². The van der Waals surface area contributed by atoms with Crippen LogP contribution in [0.15, 0.2) is 6.07 Å². The fraction of sp³-hybridized carbons (Fsp3) is 0.750. The van der Waals surface area contributed by atoms with Gasteiger partial charge in [0.2, 0.25) is 0 Å². The molecule has 0 bridgehead atoms. The summed E-state index contributed by atoms with van der Waals surface area (Å²) in [5, 5.41) is 3.33. The molecule has 0 aromatic carbocycles. The maximum absolute atomic E-state index is 4.81. The first-order valence-electron chi connectivity index (χ1n) is 7.60. The number of nitrogens with one attached hydrogen (secondary N) is 1. The van der Waals surface area contributed by atoms with E-state index in [4.69, 9.17) is 4.98 Å². The fourth-order valence-electron chi connectivity index (χ4n) is 2.51. The molecule has 0 atom stereocenters. The van der Waals surface area contributed by atoms with Gasteiger partial charge in [-0.3, -0.25) is 0 Å². The van der Waals surface area contributed by atoms with Crippen molar-refractivity contribution in [3.63, 3.8) is 0 Å². The van der Waals surface area contributed by atoms with Gasteiger partial charge in [-0.1, -0.05) is 34.6 Å². The van der Waals surface area contributed by atoms with Crippen molar-refractivity contribution in [1.82, 2.24) is 9.97 Å². The summed E-state index contributed by atoms with van der Waals surface area (Å²) in [6.45, 7) is 16.3. The normalized spacial score (nSPS) is 18.4. The highest BCUT2D eigenvalue weighted by Crippen LogP contribution is 2.33. The smallest absolute Gasteiger partial charge is 0.138 e. The van der Waals surface area contributed by atoms with Crippen LogP contribution in [0.2, 0.25) is 0 Å². The van der Waals surface area contributed by atoms with Crippen LogP contribution in [0.25, 0.3) is 0 Å². The van der Waals surface area contributed by atoms with E-state index in [9.17, 15) is 0 Å². The molecule has 0 radical (unpaired) electrons. The summed E-state index contributed by atoms with van der Waals surface area (Å²) in [5.74, 6) is 2.91. The summed E-state index contributed by atoms with van der Waals surface area (Å²) >= 11 is 0. The molecular weight excluding hydrogens is 248 g/mol. The second-order valence-electron chi connectivity index (χ2n) is 7.55. The van der Waals surface area contributed by atoms with Crippen molar-refractivity contribution >= 4 is 11.6 Å². The first kappa shape index (κ1) is 15.1. The second kappa shape index (κ2) is 5.23. The van der Waals surface area contributed by atoms with E-state index in [-0.39, 0.29) is 5.41 Å². The minimum Gasteiger partial charge on any atom is -0.370 e. The number of nitrogens with zero attached hydrogens (tertiary/aromatic N) is 3. The third kappa shape index (κ3) is 3.41. The number of rotatable bonds is 3. The summed E-state index contributed by atoms with van der Waals surface area (Å²) in [6, 6.07) is 2.08. The monoisotopic (exact) mass is 276 g/mol. The quantitative estimate of drug-likeness (QED) is 0.918. The lowest BCUT2D eigenvalue weighted by atomic mass is 9.93. The summed E-state index contributed by atoms with van der Waals surface area (Å²) in [5.41, 5.74) is 0.348. The highest BCUT2D eigenvalue weighted by atomic mass is 15.2. The van der Waals surface area contributed by atoms with Crippen molar-refractivity contribution in [3.05, 3.63) is 11.9 Å². The highest BCUT2D eigenvalue weighted by molar-refractivity contribution is 5.51. The average molecular weight is 276 g/mol. The maximum atomic E-state index is 4.81. The largest absolute Gasteiger partial charge is 0.370 e. The second-order valence-corrected chi connectivity index (χ2v) is 7.55. The molecule has 1 saturated heterocycles. The van der Waals surface area contributed by atoms with Gasteiger partial charge in [0.1, 0.15) is 17.5 Å². The molecule has 0 spiro atoms. The lowest BCUT2D eigenvalue weighted by Crippen LogP contribution is -2.26. The van der Waals surface area contributed by atoms with E-state index in [2.05, 4.69) is 62.8 Å². The van der Waals surface area contributed by atoms with Gasteiger partial charge < -0.3 is 10.2 Å². The van der Waals surface area contributed by atoms with Gasteiger partial charge in [0, 0.05) is 31.1 Å². The molecule has 0 saturated carbocycles. The first-order valence-corrected chi connectivity index (χ1v) is 7.60. The molecule has 2 heterocycles. The molecule has 1 aliphatic rings. The number of anilines is 2. The first-order chi connectivity index (χ1) is 9.21. The fourth-order valence-corrected chi connectivity index (χ4v) is 2.51. The summed E-state index contributed by atoms with van der Waals surface area (Å²) in [7, 11) is 0. The van der Waals surface area contributed by atoms with Crippen LogP contribution in [-0.2, 0) is 5.41 Å². The Balaban J connectivity index is 2.35. The van der Waals surface area contributed by atoms with Crippen molar-refractivity contribution in [2.24, 2.45) is 5.41 Å². The van der Waals surface area contributed by atoms with E-state index in [0.717, 1.165) is 37.1 Å². The van der Waals surface area contributed by atoms with Crippen LogP contribution in [0.5, 0.6) is 0 Å². The van der Waals surface area contributed by atoms with Gasteiger partial charge in [-0.05, 0) is 18.8 Å². The van der Waals surface area contributed by atoms with Gasteiger partial charge in [-0.15, -0.1) is 0 Å². The molecule has 112 valence electrons. The minimum absolute atomic E-state index is 0.0323. The van der Waals surface area contributed by atoms with E-state index >= 15 is 0 Å². The van der Waals surface area contributed by atoms with Crippen molar-refractivity contribution in [2.45, 2.75) is 53.4 Å². The molecule has 20 heavy (non-hydrogen) atoms. The van der Waals surface area contributed by atoms with Crippen LogP contribution in [0.4, 0.5) is 11.6 Å². The van der Waals surface area contributed by atoms with E-state index in [1.807, 2.05) is 0 Å². The molecule has 1 fully saturated rings. The zero-order chi connectivity index (χ0) is 15.0. The van der Waals surface area contributed by atoms with E-state index in [1.165, 1.54) is 6.42 Å². The molecule has 0 unspecified atom stereocenters. The topological polar surface area (TPSA) is 41.0 Å². The maximum Gasteiger partial charge on any atom is 0.138 e. The Bertz CT molecular complexity index is 474. The standard InChI is InChI=1S/C16H28N4/c1-7-17-12-10-13(19-14(18-12)15(2,3)4)20-9-8-16(5,6)11-20/h10H,7-9,11H2,1-6H3,(H,17,18,19). The summed E-state index contributed by atoms with van der Waals surface area (Å²) in [4.78, 5) is 11.8. The predicted molar refractivity (Wildman–Crippen MR) is 85.5 cm³/mol. The molecule has 1 aromatic rings. The molecule has 1 aromatic heterocycles. The third-order valence-corrected chi connectivity index (χ3v) is 3.74. The molecule has 4 nitrogen and oxygen atoms in total. The minimum atomic E-state index is -0.0323. The molecule has 2 rings (SSSR count). The van der Waals surface area contributed by atoms with Crippen LogP contribution in [0, 0.1) is 5.41 Å². The Hall–Kier alpha value is -1.32. The van der Waals surface area contributed by atoms with Gasteiger partial charge in [0.15, 0.2) is 0 Å². The van der Waals surface area contributed by atoms with Gasteiger partial charge in [-0.25, -0.2) is 9.97 Å². The SMILES string of the molecule is CCNc1cc(N2CCC(C)(C)C2)nc(C(C)(C)C)n1. The molecule has 4 heteroatoms. The van der Waals surface area contributed by atoms with Crippen molar-refractivity contribution in [1.29, 1.82) is 0 Å². The third-order valence-electron chi connectivity index (χ3n) is 3.74. The Kier molecular flexibility index (Phi) is 3.94. The lowest BCUT2D eigenvalue weighted by Gasteiger charge is -2.24. The predicted octanol–water partition coefficient (Wildman–Crippen LogP) is 3.44. The van der Waals surface area contributed by atoms with Gasteiger partial charge in [-0.2, -0.15) is 0 Å². The molecule has 1 aliphatic heterocycles. The number of hydrogen-bond donors (Lipinski definition) is 1. The molecule has 0 amide bonds. The molecular formula is C16H28N4. The number of hydrogen-bond acceptors (Lipinski definition) is 4. The zero-order valence-electron chi connectivity index (χ0n) is 13.7. The molecule has 0 aliphatic carbocycles. The Morgan fingerprint density at radius 2 is 2.00 bits per heavy atom. The summed E-state index contributed by atoms with van der Waals surface area (Å²) < 4.78 is 0. The lowest BCUT2D eigenvalue weighted by molar-refractivity contribution is 0.418. The van der Waals surface area contributed by atoms with Crippen LogP contribution in [0.3, 0.4) is 0 Å². The highest BCUT2D eigenvalue weighted by Gasteiger charge is 2.31. The summed E-state index contributed by atoms with van der Waals surface area (Å²) in [6.07, 6.45) is 1.22. The van der Waals surface area contributed by atoms with E-state index < -0.39 is 0 Å². The van der Waals surface area contributed by atoms with E-state index in [1.54, 1.807) is 0 Å². The van der Waals surface area contributed by atoms with Crippen molar-refractivity contribution < 1.29 is 0 Å². The Morgan fingerprint density at radius 3 is 2.50 bits per heavy atom. The Morgan fingerprint density at radius 1 is 1.30 bits per heavy atom. The van der Waals surface area contributed by atoms with E-state index in [0.29, 0.717) is 5.41 Å². The number of aromatic nitrogens is 2. The van der Waals surface area contributed by atoms with Crippen LogP contribution >= 0.6 is 0 Å². The van der Waals surface area contributed by atoms with Gasteiger partial charge in [0.05, 0.1) is 0 Å². The van der Waals surface area contributed by atoms with Gasteiger partial charge >= 0.3 is 0 Å². The molecule has 1 N–H and O–H groups in total. The zero-order valence-corrected chi connectivity index (χ0v) is 13.7. The average Bonchev–Trinajstić information content (AvgIpc) is 2.69. The van der Waals surface area contributed by atoms with Crippen molar-refractivity contribution in [3.8, 4) is 0 Å². The van der Waals surface area contributed by atoms with Crippen molar-refractivity contribution in [2.75, 3.05) is 29.9 Å². The van der Waals surface area contributed by atoms with Crippen LogP contribution < -0.4 is 10.2 Å². The Labute approximate surface area is 123 Å².